The van der Waals surface area contributed by atoms with E-state index in [1.54, 1.807) is 6.92 Å². The lowest BCUT2D eigenvalue weighted by Crippen LogP contribution is -2.30. The van der Waals surface area contributed by atoms with Crippen LogP contribution in [0.15, 0.2) is 12.2 Å². The molecule has 1 unspecified atom stereocenters. The van der Waals surface area contributed by atoms with Gasteiger partial charge in [0.25, 0.3) is 0 Å². The first-order valence-electron chi connectivity index (χ1n) is 5.27. The summed E-state index contributed by atoms with van der Waals surface area (Å²) in [5, 5.41) is 0. The van der Waals surface area contributed by atoms with Crippen molar-refractivity contribution in [1.82, 2.24) is 0 Å². The van der Waals surface area contributed by atoms with E-state index in [2.05, 4.69) is 20.4 Å². The number of esters is 1. The van der Waals surface area contributed by atoms with Gasteiger partial charge in [-0.05, 0) is 38.0 Å². The van der Waals surface area contributed by atoms with Crippen molar-refractivity contribution in [3.05, 3.63) is 12.2 Å². The van der Waals surface area contributed by atoms with E-state index in [9.17, 15) is 4.79 Å². The minimum Gasteiger partial charge on any atom is -0.459 e. The summed E-state index contributed by atoms with van der Waals surface area (Å²) in [5.74, 6) is -0.243. The van der Waals surface area contributed by atoms with Crippen LogP contribution in [0.4, 0.5) is 0 Å². The van der Waals surface area contributed by atoms with Gasteiger partial charge < -0.3 is 4.74 Å². The minimum atomic E-state index is -0.243. The fraction of sp³-hybridized carbons (Fsp3) is 0.750. The molecule has 0 N–H and O–H groups in total. The van der Waals surface area contributed by atoms with E-state index >= 15 is 0 Å². The average Bonchev–Trinajstić information content (AvgIpc) is 2.01. The molecular weight excluding hydrogens is 176 g/mol. The molecular formula is C12H20O2. The van der Waals surface area contributed by atoms with Crippen molar-refractivity contribution in [2.75, 3.05) is 0 Å². The van der Waals surface area contributed by atoms with Crippen molar-refractivity contribution in [1.29, 1.82) is 0 Å². The molecule has 14 heavy (non-hydrogen) atoms. The second-order valence-electron chi connectivity index (χ2n) is 5.07. The first kappa shape index (κ1) is 11.3. The van der Waals surface area contributed by atoms with Crippen LogP contribution < -0.4 is 0 Å². The summed E-state index contributed by atoms with van der Waals surface area (Å²) in [4.78, 5) is 11.3. The van der Waals surface area contributed by atoms with Crippen LogP contribution in [0.3, 0.4) is 0 Å². The molecule has 0 aromatic carbocycles. The fourth-order valence-corrected chi connectivity index (χ4v) is 1.98. The molecule has 2 nitrogen and oxygen atoms in total. The highest BCUT2D eigenvalue weighted by atomic mass is 16.5. The number of hydrogen-bond donors (Lipinski definition) is 0. The number of carbonyl (C=O) groups is 1. The van der Waals surface area contributed by atoms with Gasteiger partial charge >= 0.3 is 5.97 Å². The lowest BCUT2D eigenvalue weighted by Gasteiger charge is -2.34. The second kappa shape index (κ2) is 4.16. The third-order valence-electron chi connectivity index (χ3n) is 2.78. The molecule has 1 saturated carbocycles. The Morgan fingerprint density at radius 3 is 2.64 bits per heavy atom. The van der Waals surface area contributed by atoms with Crippen LogP contribution in [-0.2, 0) is 9.53 Å². The van der Waals surface area contributed by atoms with Crippen LogP contribution in [0.2, 0.25) is 0 Å². The molecule has 0 radical (unpaired) electrons. The molecule has 0 amide bonds. The topological polar surface area (TPSA) is 26.3 Å². The van der Waals surface area contributed by atoms with Gasteiger partial charge in [-0.15, -0.1) is 0 Å². The van der Waals surface area contributed by atoms with Crippen molar-refractivity contribution in [3.63, 3.8) is 0 Å². The van der Waals surface area contributed by atoms with Crippen LogP contribution >= 0.6 is 0 Å². The molecule has 0 aromatic rings. The smallest absolute Gasteiger partial charge is 0.333 e. The zero-order chi connectivity index (χ0) is 10.8. The van der Waals surface area contributed by atoms with E-state index in [0.717, 1.165) is 19.3 Å². The lowest BCUT2D eigenvalue weighted by atomic mass is 9.76. The first-order valence-corrected chi connectivity index (χ1v) is 5.27. The summed E-state index contributed by atoms with van der Waals surface area (Å²) in [6, 6.07) is 0. The molecule has 0 saturated heterocycles. The van der Waals surface area contributed by atoms with Crippen molar-refractivity contribution in [3.8, 4) is 0 Å². The zero-order valence-corrected chi connectivity index (χ0v) is 9.43. The normalized spacial score (nSPS) is 25.5. The molecule has 0 bridgehead atoms. The summed E-state index contributed by atoms with van der Waals surface area (Å²) in [5.41, 5.74) is 0.812. The Balaban J connectivity index is 2.46. The molecule has 0 aromatic heterocycles. The third-order valence-corrected chi connectivity index (χ3v) is 2.78. The molecule has 0 spiro atoms. The van der Waals surface area contributed by atoms with Gasteiger partial charge in [-0.1, -0.05) is 20.4 Å². The Bertz CT molecular complexity index is 241. The predicted molar refractivity (Wildman–Crippen MR) is 56.9 cm³/mol. The highest BCUT2D eigenvalue weighted by molar-refractivity contribution is 5.87. The maximum absolute atomic E-state index is 11.3. The van der Waals surface area contributed by atoms with E-state index in [4.69, 9.17) is 4.74 Å². The number of hydrogen-bond acceptors (Lipinski definition) is 2. The predicted octanol–water partition coefficient (Wildman–Crippen LogP) is 3.07. The number of carbonyl (C=O) groups excluding carboxylic acids is 1. The summed E-state index contributed by atoms with van der Waals surface area (Å²) in [6.45, 7) is 9.73. The van der Waals surface area contributed by atoms with Crippen LogP contribution in [0.5, 0.6) is 0 Å². The largest absolute Gasteiger partial charge is 0.459 e. The highest BCUT2D eigenvalue weighted by Gasteiger charge is 2.30. The average molecular weight is 196 g/mol. The van der Waals surface area contributed by atoms with Gasteiger partial charge in [0.15, 0.2) is 0 Å². The van der Waals surface area contributed by atoms with Gasteiger partial charge in [-0.3, -0.25) is 0 Å². The molecule has 2 heteroatoms. The van der Waals surface area contributed by atoms with Crippen LogP contribution in [0, 0.1) is 5.41 Å². The van der Waals surface area contributed by atoms with Gasteiger partial charge in [0, 0.05) is 5.57 Å². The van der Waals surface area contributed by atoms with Gasteiger partial charge in [0.1, 0.15) is 6.10 Å². The number of ether oxygens (including phenoxy) is 1. The van der Waals surface area contributed by atoms with Crippen molar-refractivity contribution in [2.45, 2.75) is 52.6 Å². The van der Waals surface area contributed by atoms with Gasteiger partial charge in [-0.2, -0.15) is 0 Å². The molecule has 1 atom stereocenters. The van der Waals surface area contributed by atoms with Gasteiger partial charge in [-0.25, -0.2) is 4.79 Å². The summed E-state index contributed by atoms with van der Waals surface area (Å²) < 4.78 is 5.35. The second-order valence-corrected chi connectivity index (χ2v) is 5.07. The highest BCUT2D eigenvalue weighted by Crippen LogP contribution is 2.36. The Hall–Kier alpha value is -0.790. The molecule has 1 aliphatic carbocycles. The van der Waals surface area contributed by atoms with Crippen molar-refractivity contribution < 1.29 is 9.53 Å². The summed E-state index contributed by atoms with van der Waals surface area (Å²) in [7, 11) is 0. The molecule has 1 rings (SSSR count). The monoisotopic (exact) mass is 196 g/mol. The van der Waals surface area contributed by atoms with E-state index < -0.39 is 0 Å². The molecule has 1 aliphatic rings. The molecule has 80 valence electrons. The van der Waals surface area contributed by atoms with Crippen molar-refractivity contribution in [2.24, 2.45) is 5.41 Å². The quantitative estimate of drug-likeness (QED) is 0.501. The maximum Gasteiger partial charge on any atom is 0.333 e. The number of rotatable bonds is 2. The first-order chi connectivity index (χ1) is 6.41. The SMILES string of the molecule is C=C(C)C(=O)OC1CCCC(C)(C)C1. The van der Waals surface area contributed by atoms with E-state index in [1.807, 2.05) is 0 Å². The molecule has 1 fully saturated rings. The van der Waals surface area contributed by atoms with E-state index in [1.165, 1.54) is 6.42 Å². The Kier molecular flexibility index (Phi) is 3.35. The van der Waals surface area contributed by atoms with Crippen LogP contribution in [0.1, 0.15) is 46.5 Å². The maximum atomic E-state index is 11.3. The zero-order valence-electron chi connectivity index (χ0n) is 9.43. The standard InChI is InChI=1S/C12H20O2/c1-9(2)11(13)14-10-6-5-7-12(3,4)8-10/h10H,1,5-8H2,2-4H3. The Morgan fingerprint density at radius 2 is 2.14 bits per heavy atom. The summed E-state index contributed by atoms with van der Waals surface area (Å²) in [6.07, 6.45) is 4.46. The summed E-state index contributed by atoms with van der Waals surface area (Å²) >= 11 is 0. The minimum absolute atomic E-state index is 0.1000. The Morgan fingerprint density at radius 1 is 1.50 bits per heavy atom. The molecule has 0 heterocycles. The molecule has 0 aliphatic heterocycles. The van der Waals surface area contributed by atoms with E-state index in [0.29, 0.717) is 11.0 Å². The lowest BCUT2D eigenvalue weighted by molar-refractivity contribution is -0.147. The Labute approximate surface area is 86.3 Å². The van der Waals surface area contributed by atoms with Gasteiger partial charge in [0.05, 0.1) is 0 Å². The van der Waals surface area contributed by atoms with Gasteiger partial charge in [0.2, 0.25) is 0 Å². The fourth-order valence-electron chi connectivity index (χ4n) is 1.98. The van der Waals surface area contributed by atoms with E-state index in [-0.39, 0.29) is 12.1 Å². The third kappa shape index (κ3) is 3.17. The van der Waals surface area contributed by atoms with Crippen molar-refractivity contribution >= 4 is 5.97 Å². The van der Waals surface area contributed by atoms with Crippen LogP contribution in [0.25, 0.3) is 0 Å². The van der Waals surface area contributed by atoms with Crippen LogP contribution in [-0.4, -0.2) is 12.1 Å².